The van der Waals surface area contributed by atoms with Crippen LogP contribution in [-0.2, 0) is 4.79 Å². The first-order valence-corrected chi connectivity index (χ1v) is 13.6. The van der Waals surface area contributed by atoms with Crippen LogP contribution in [0.3, 0.4) is 0 Å². The number of carbonyl (C=O) groups excluding carboxylic acids is 1. The standard InChI is InChI=1S/C31H50O/c1-19-17-21-13-11-15-28(3,4)23(21)25(30(19,7)8)27(32)26-24-22(14-12-16-29(24,5)6)18-20(2)31(26,9)10/h19-20,25-26H,11-18H2,1-10H3. The molecule has 0 bridgehead atoms. The van der Waals surface area contributed by atoms with E-state index < -0.39 is 0 Å². The molecule has 0 amide bonds. The summed E-state index contributed by atoms with van der Waals surface area (Å²) >= 11 is 0. The molecule has 0 saturated heterocycles. The summed E-state index contributed by atoms with van der Waals surface area (Å²) in [6.07, 6.45) is 9.84. The van der Waals surface area contributed by atoms with E-state index in [2.05, 4.69) is 69.2 Å². The number of rotatable bonds is 2. The highest BCUT2D eigenvalue weighted by molar-refractivity contribution is 5.91. The Labute approximate surface area is 198 Å². The Balaban J connectivity index is 1.92. The molecular formula is C31H50O. The van der Waals surface area contributed by atoms with Crippen LogP contribution in [0.5, 0.6) is 0 Å². The van der Waals surface area contributed by atoms with Gasteiger partial charge in [-0.25, -0.2) is 0 Å². The van der Waals surface area contributed by atoms with Gasteiger partial charge in [0, 0.05) is 11.8 Å². The van der Waals surface area contributed by atoms with Crippen molar-refractivity contribution in [3.63, 3.8) is 0 Å². The number of ketones is 1. The predicted octanol–water partition coefficient (Wildman–Crippen LogP) is 8.93. The molecule has 1 heteroatoms. The summed E-state index contributed by atoms with van der Waals surface area (Å²) in [5.74, 6) is 1.82. The van der Waals surface area contributed by atoms with Crippen LogP contribution < -0.4 is 0 Å². The summed E-state index contributed by atoms with van der Waals surface area (Å²) in [6, 6.07) is 0. The topological polar surface area (TPSA) is 17.1 Å². The number of hydrogen-bond donors (Lipinski definition) is 0. The average molecular weight is 439 g/mol. The Morgan fingerprint density at radius 2 is 1.00 bits per heavy atom. The van der Waals surface area contributed by atoms with Gasteiger partial charge >= 0.3 is 0 Å². The van der Waals surface area contributed by atoms with E-state index in [4.69, 9.17) is 0 Å². The first-order valence-electron chi connectivity index (χ1n) is 13.6. The van der Waals surface area contributed by atoms with E-state index in [1.54, 1.807) is 22.3 Å². The Bertz CT molecular complexity index is 789. The molecule has 4 aliphatic rings. The molecule has 32 heavy (non-hydrogen) atoms. The highest BCUT2D eigenvalue weighted by Crippen LogP contribution is 2.62. The first-order chi connectivity index (χ1) is 14.6. The molecule has 0 saturated carbocycles. The Morgan fingerprint density at radius 3 is 1.34 bits per heavy atom. The second-order valence-electron chi connectivity index (χ2n) is 14.6. The minimum Gasteiger partial charge on any atom is -0.298 e. The molecule has 4 aliphatic carbocycles. The van der Waals surface area contributed by atoms with E-state index in [1.165, 1.54) is 51.4 Å². The van der Waals surface area contributed by atoms with Gasteiger partial charge in [-0.3, -0.25) is 4.79 Å². The van der Waals surface area contributed by atoms with Crippen molar-refractivity contribution in [2.24, 2.45) is 45.3 Å². The lowest BCUT2D eigenvalue weighted by Crippen LogP contribution is -2.53. The summed E-state index contributed by atoms with van der Waals surface area (Å²) in [4.78, 5) is 15.1. The number of carbonyl (C=O) groups is 1. The van der Waals surface area contributed by atoms with Crippen molar-refractivity contribution < 1.29 is 4.79 Å². The third kappa shape index (κ3) is 3.51. The summed E-state index contributed by atoms with van der Waals surface area (Å²) in [5.41, 5.74) is 6.73. The summed E-state index contributed by atoms with van der Waals surface area (Å²) in [7, 11) is 0. The van der Waals surface area contributed by atoms with E-state index >= 15 is 4.79 Å². The third-order valence-corrected chi connectivity index (χ3v) is 11.1. The van der Waals surface area contributed by atoms with E-state index in [9.17, 15) is 0 Å². The van der Waals surface area contributed by atoms with Gasteiger partial charge in [-0.1, -0.05) is 91.5 Å². The summed E-state index contributed by atoms with van der Waals surface area (Å²) in [5, 5.41) is 0. The fourth-order valence-corrected chi connectivity index (χ4v) is 8.36. The van der Waals surface area contributed by atoms with Crippen molar-refractivity contribution in [1.82, 2.24) is 0 Å². The van der Waals surface area contributed by atoms with Gasteiger partial charge in [0.25, 0.3) is 0 Å². The lowest BCUT2D eigenvalue weighted by atomic mass is 9.47. The fourth-order valence-electron chi connectivity index (χ4n) is 8.36. The molecule has 0 N–H and O–H groups in total. The minimum atomic E-state index is 0.0147. The van der Waals surface area contributed by atoms with Crippen LogP contribution in [0.1, 0.15) is 121 Å². The molecule has 0 radical (unpaired) electrons. The lowest BCUT2D eigenvalue weighted by Gasteiger charge is -2.56. The first kappa shape index (κ1) is 24.3. The van der Waals surface area contributed by atoms with Gasteiger partial charge in [-0.2, -0.15) is 0 Å². The molecule has 4 rings (SSSR count). The van der Waals surface area contributed by atoms with Crippen molar-refractivity contribution in [3.05, 3.63) is 22.3 Å². The van der Waals surface area contributed by atoms with Gasteiger partial charge < -0.3 is 0 Å². The second kappa shape index (κ2) is 7.58. The fraction of sp³-hybridized carbons (Fsp3) is 0.839. The van der Waals surface area contributed by atoms with Crippen LogP contribution in [-0.4, -0.2) is 5.78 Å². The second-order valence-corrected chi connectivity index (χ2v) is 14.6. The molecule has 0 aromatic carbocycles. The molecule has 180 valence electrons. The Morgan fingerprint density at radius 1 is 0.656 bits per heavy atom. The smallest absolute Gasteiger partial charge is 0.148 e. The van der Waals surface area contributed by atoms with Gasteiger partial charge in [0.2, 0.25) is 0 Å². The van der Waals surface area contributed by atoms with Crippen LogP contribution >= 0.6 is 0 Å². The number of Topliss-reactive ketones (excluding diaryl/α,β-unsaturated/α-hetero) is 1. The van der Waals surface area contributed by atoms with Crippen molar-refractivity contribution in [2.75, 3.05) is 0 Å². The summed E-state index contributed by atoms with van der Waals surface area (Å²) in [6.45, 7) is 24.2. The molecule has 0 fully saturated rings. The molecule has 4 atom stereocenters. The lowest BCUT2D eigenvalue weighted by molar-refractivity contribution is -0.136. The maximum absolute atomic E-state index is 15.1. The van der Waals surface area contributed by atoms with Crippen molar-refractivity contribution in [2.45, 2.75) is 121 Å². The van der Waals surface area contributed by atoms with Crippen LogP contribution in [0, 0.1) is 45.3 Å². The van der Waals surface area contributed by atoms with Crippen LogP contribution in [0.15, 0.2) is 22.3 Å². The maximum Gasteiger partial charge on any atom is 0.148 e. The molecule has 0 heterocycles. The quantitative estimate of drug-likeness (QED) is 0.393. The van der Waals surface area contributed by atoms with E-state index in [0.29, 0.717) is 17.6 Å². The van der Waals surface area contributed by atoms with E-state index in [-0.39, 0.29) is 33.5 Å². The van der Waals surface area contributed by atoms with Crippen molar-refractivity contribution in [1.29, 1.82) is 0 Å². The van der Waals surface area contributed by atoms with Crippen LogP contribution in [0.2, 0.25) is 0 Å². The zero-order valence-electron chi connectivity index (χ0n) is 22.9. The molecule has 0 aromatic rings. The predicted molar refractivity (Wildman–Crippen MR) is 136 cm³/mol. The van der Waals surface area contributed by atoms with Crippen LogP contribution in [0.4, 0.5) is 0 Å². The SMILES string of the molecule is CC1CC2=C(C(C(=O)C3C4=C(CCCC4(C)C)CC(C)C3(C)C)C1(C)C)C(C)(C)CCC2. The van der Waals surface area contributed by atoms with Crippen molar-refractivity contribution in [3.8, 4) is 0 Å². The third-order valence-electron chi connectivity index (χ3n) is 11.1. The number of hydrogen-bond acceptors (Lipinski definition) is 1. The zero-order chi connectivity index (χ0) is 23.9. The van der Waals surface area contributed by atoms with Gasteiger partial charge in [-0.15, -0.1) is 0 Å². The van der Waals surface area contributed by atoms with Gasteiger partial charge in [0.15, 0.2) is 0 Å². The average Bonchev–Trinajstić information content (AvgIpc) is 2.64. The Kier molecular flexibility index (Phi) is 5.75. The van der Waals surface area contributed by atoms with Gasteiger partial charge in [0.1, 0.15) is 5.78 Å². The maximum atomic E-state index is 15.1. The van der Waals surface area contributed by atoms with Crippen LogP contribution in [0.25, 0.3) is 0 Å². The van der Waals surface area contributed by atoms with Gasteiger partial charge in [-0.05, 0) is 84.9 Å². The normalized spacial score (nSPS) is 37.6. The Hall–Kier alpha value is -0.850. The highest BCUT2D eigenvalue weighted by atomic mass is 16.1. The molecular weight excluding hydrogens is 388 g/mol. The van der Waals surface area contributed by atoms with E-state index in [1.807, 2.05) is 0 Å². The zero-order valence-corrected chi connectivity index (χ0v) is 22.9. The monoisotopic (exact) mass is 438 g/mol. The molecule has 4 unspecified atom stereocenters. The minimum absolute atomic E-state index is 0.0147. The molecule has 0 aromatic heterocycles. The molecule has 1 nitrogen and oxygen atoms in total. The summed E-state index contributed by atoms with van der Waals surface area (Å²) < 4.78 is 0. The number of allylic oxidation sites excluding steroid dienone is 4. The largest absolute Gasteiger partial charge is 0.298 e. The van der Waals surface area contributed by atoms with Gasteiger partial charge in [0.05, 0.1) is 0 Å². The highest BCUT2D eigenvalue weighted by Gasteiger charge is 2.57. The van der Waals surface area contributed by atoms with Crippen molar-refractivity contribution >= 4 is 5.78 Å². The van der Waals surface area contributed by atoms with E-state index in [0.717, 1.165) is 0 Å². The molecule has 0 spiro atoms. The molecule has 0 aliphatic heterocycles.